The average molecular weight is 343 g/mol. The Hall–Kier alpha value is -1.87. The highest BCUT2D eigenvalue weighted by molar-refractivity contribution is 5.94. The molecule has 25 heavy (non-hydrogen) atoms. The molecule has 0 bridgehead atoms. The number of nitriles is 1. The molecule has 0 unspecified atom stereocenters. The van der Waals surface area contributed by atoms with Gasteiger partial charge in [-0.25, -0.2) is 0 Å². The quantitative estimate of drug-likeness (QED) is 0.892. The van der Waals surface area contributed by atoms with Gasteiger partial charge >= 0.3 is 0 Å². The highest BCUT2D eigenvalue weighted by Crippen LogP contribution is 2.32. The van der Waals surface area contributed by atoms with E-state index in [0.717, 1.165) is 51.9 Å². The van der Waals surface area contributed by atoms with Gasteiger partial charge in [-0.05, 0) is 51.1 Å². The summed E-state index contributed by atoms with van der Waals surface area (Å²) in [6.07, 6.45) is 10.9. The van der Waals surface area contributed by atoms with Crippen LogP contribution in [0, 0.1) is 17.2 Å². The van der Waals surface area contributed by atoms with Gasteiger partial charge in [0.15, 0.2) is 0 Å². The Balaban J connectivity index is 1.55. The van der Waals surface area contributed by atoms with Crippen LogP contribution in [0.15, 0.2) is 12.4 Å². The van der Waals surface area contributed by atoms with Gasteiger partial charge < -0.3 is 10.2 Å². The molecule has 3 rings (SSSR count). The fraction of sp³-hybridized carbons (Fsp3) is 0.737. The molecule has 1 aromatic rings. The number of carbonyl (C=O) groups excluding carboxylic acids is 1. The number of hydrogen-bond donors (Lipinski definition) is 1. The van der Waals surface area contributed by atoms with E-state index in [1.807, 2.05) is 4.68 Å². The molecule has 2 heterocycles. The van der Waals surface area contributed by atoms with Crippen LogP contribution in [0.5, 0.6) is 0 Å². The lowest BCUT2D eigenvalue weighted by molar-refractivity contribution is 0.0890. The first kappa shape index (κ1) is 17.9. The van der Waals surface area contributed by atoms with Crippen molar-refractivity contribution in [3.05, 3.63) is 18.0 Å². The van der Waals surface area contributed by atoms with Crippen molar-refractivity contribution in [2.24, 2.45) is 5.92 Å². The van der Waals surface area contributed by atoms with Gasteiger partial charge in [0.25, 0.3) is 5.91 Å². The third kappa shape index (κ3) is 4.60. The molecule has 136 valence electrons. The molecule has 1 aromatic heterocycles. The van der Waals surface area contributed by atoms with Crippen molar-refractivity contribution in [1.82, 2.24) is 20.0 Å². The van der Waals surface area contributed by atoms with E-state index in [-0.39, 0.29) is 5.91 Å². The minimum atomic E-state index is -0.718. The van der Waals surface area contributed by atoms with Crippen molar-refractivity contribution in [2.75, 3.05) is 19.6 Å². The minimum Gasteiger partial charge on any atom is -0.334 e. The Morgan fingerprint density at radius 1 is 1.36 bits per heavy atom. The largest absolute Gasteiger partial charge is 0.334 e. The topological polar surface area (TPSA) is 74.0 Å². The summed E-state index contributed by atoms with van der Waals surface area (Å²) < 4.78 is 1.84. The molecule has 2 fully saturated rings. The van der Waals surface area contributed by atoms with Crippen molar-refractivity contribution in [3.8, 4) is 6.07 Å². The summed E-state index contributed by atoms with van der Waals surface area (Å²) >= 11 is 0. The summed E-state index contributed by atoms with van der Waals surface area (Å²) in [5.41, 5.74) is -0.170. The van der Waals surface area contributed by atoms with E-state index < -0.39 is 5.54 Å². The van der Waals surface area contributed by atoms with Crippen LogP contribution < -0.4 is 5.32 Å². The standard InChI is InChI=1S/C19H29N5O/c1-16-6-5-7-19(12-16,15-20)22-18(25)17-13-21-24(14-17)11-10-23-8-3-2-4-9-23/h13-14,16H,2-12H2,1H3,(H,22,25)/t16-,19+/m0/s1. The van der Waals surface area contributed by atoms with E-state index in [1.54, 1.807) is 12.4 Å². The van der Waals surface area contributed by atoms with Gasteiger partial charge in [0.2, 0.25) is 0 Å². The molecule has 2 aliphatic rings. The second-order valence-electron chi connectivity index (χ2n) is 7.74. The number of rotatable bonds is 5. The zero-order valence-electron chi connectivity index (χ0n) is 15.2. The number of nitrogens with one attached hydrogen (secondary N) is 1. The number of hydrogen-bond acceptors (Lipinski definition) is 4. The van der Waals surface area contributed by atoms with Gasteiger partial charge in [0.05, 0.1) is 24.4 Å². The molecular weight excluding hydrogens is 314 g/mol. The fourth-order valence-corrected chi connectivity index (χ4v) is 4.11. The summed E-state index contributed by atoms with van der Waals surface area (Å²) in [6, 6.07) is 2.36. The fourth-order valence-electron chi connectivity index (χ4n) is 4.11. The first-order valence-corrected chi connectivity index (χ1v) is 9.59. The van der Waals surface area contributed by atoms with E-state index in [4.69, 9.17) is 0 Å². The smallest absolute Gasteiger partial charge is 0.255 e. The molecule has 0 spiro atoms. The number of piperidine rings is 1. The summed E-state index contributed by atoms with van der Waals surface area (Å²) in [7, 11) is 0. The number of carbonyl (C=O) groups is 1. The van der Waals surface area contributed by atoms with Crippen molar-refractivity contribution >= 4 is 5.91 Å². The molecule has 6 nitrogen and oxygen atoms in total. The van der Waals surface area contributed by atoms with Crippen LogP contribution in [-0.4, -0.2) is 45.8 Å². The van der Waals surface area contributed by atoms with Crippen LogP contribution >= 0.6 is 0 Å². The van der Waals surface area contributed by atoms with Crippen molar-refractivity contribution in [3.63, 3.8) is 0 Å². The predicted molar refractivity (Wildman–Crippen MR) is 96.0 cm³/mol. The van der Waals surface area contributed by atoms with Crippen LogP contribution in [0.4, 0.5) is 0 Å². The zero-order chi connectivity index (χ0) is 17.7. The molecule has 0 radical (unpaired) electrons. The van der Waals surface area contributed by atoms with Gasteiger partial charge in [-0.1, -0.05) is 19.8 Å². The first-order chi connectivity index (χ1) is 12.1. The monoisotopic (exact) mass is 343 g/mol. The van der Waals surface area contributed by atoms with Crippen LogP contribution in [0.2, 0.25) is 0 Å². The zero-order valence-corrected chi connectivity index (χ0v) is 15.2. The molecular formula is C19H29N5O. The van der Waals surface area contributed by atoms with Crippen LogP contribution in [-0.2, 0) is 6.54 Å². The molecule has 1 aliphatic carbocycles. The SMILES string of the molecule is C[C@H]1CCC[C@@](C#N)(NC(=O)c2cnn(CCN3CCCCC3)c2)C1. The normalized spacial score (nSPS) is 27.6. The Bertz CT molecular complexity index is 628. The molecule has 2 atom stereocenters. The van der Waals surface area contributed by atoms with Gasteiger partial charge in [-0.3, -0.25) is 9.48 Å². The number of aromatic nitrogens is 2. The maximum absolute atomic E-state index is 12.6. The number of likely N-dealkylation sites (tertiary alicyclic amines) is 1. The Morgan fingerprint density at radius 3 is 2.88 bits per heavy atom. The maximum atomic E-state index is 12.6. The Kier molecular flexibility index (Phi) is 5.74. The van der Waals surface area contributed by atoms with Crippen LogP contribution in [0.1, 0.15) is 62.2 Å². The number of amides is 1. The summed E-state index contributed by atoms with van der Waals surface area (Å²) in [4.78, 5) is 15.0. The molecule has 1 amide bonds. The third-order valence-electron chi connectivity index (χ3n) is 5.55. The molecule has 6 heteroatoms. The summed E-state index contributed by atoms with van der Waals surface area (Å²) in [5.74, 6) is 0.292. The van der Waals surface area contributed by atoms with Gasteiger partial charge in [0, 0.05) is 12.7 Å². The van der Waals surface area contributed by atoms with Gasteiger partial charge in [0.1, 0.15) is 5.54 Å². The van der Waals surface area contributed by atoms with Crippen molar-refractivity contribution in [2.45, 2.75) is 64.0 Å². The van der Waals surface area contributed by atoms with Crippen molar-refractivity contribution < 1.29 is 4.79 Å². The lowest BCUT2D eigenvalue weighted by Crippen LogP contribution is -2.50. The van der Waals surface area contributed by atoms with Crippen molar-refractivity contribution in [1.29, 1.82) is 5.26 Å². The van der Waals surface area contributed by atoms with E-state index in [9.17, 15) is 10.1 Å². The lowest BCUT2D eigenvalue weighted by Gasteiger charge is -2.34. The molecule has 1 aliphatic heterocycles. The van der Waals surface area contributed by atoms with E-state index >= 15 is 0 Å². The number of nitrogens with zero attached hydrogens (tertiary/aromatic N) is 4. The highest BCUT2D eigenvalue weighted by atomic mass is 16.1. The van der Waals surface area contributed by atoms with E-state index in [0.29, 0.717) is 11.5 Å². The second-order valence-corrected chi connectivity index (χ2v) is 7.74. The molecule has 0 aromatic carbocycles. The first-order valence-electron chi connectivity index (χ1n) is 9.59. The van der Waals surface area contributed by atoms with E-state index in [1.165, 1.54) is 19.3 Å². The van der Waals surface area contributed by atoms with Crippen LogP contribution in [0.3, 0.4) is 0 Å². The van der Waals surface area contributed by atoms with Gasteiger partial charge in [-0.15, -0.1) is 0 Å². The maximum Gasteiger partial charge on any atom is 0.255 e. The molecule has 1 N–H and O–H groups in total. The second kappa shape index (κ2) is 8.01. The third-order valence-corrected chi connectivity index (χ3v) is 5.55. The summed E-state index contributed by atoms with van der Waals surface area (Å²) in [5, 5.41) is 16.9. The summed E-state index contributed by atoms with van der Waals surface area (Å²) in [6.45, 7) is 6.25. The Morgan fingerprint density at radius 2 is 2.16 bits per heavy atom. The average Bonchev–Trinajstić information content (AvgIpc) is 3.10. The molecule has 1 saturated heterocycles. The highest BCUT2D eigenvalue weighted by Gasteiger charge is 2.36. The predicted octanol–water partition coefficient (Wildman–Crippen LogP) is 2.57. The lowest BCUT2D eigenvalue weighted by atomic mass is 9.77. The molecule has 1 saturated carbocycles. The minimum absolute atomic E-state index is 0.181. The van der Waals surface area contributed by atoms with Crippen LogP contribution in [0.25, 0.3) is 0 Å². The Labute approximate surface area is 150 Å². The van der Waals surface area contributed by atoms with E-state index in [2.05, 4.69) is 28.3 Å². The van der Waals surface area contributed by atoms with Gasteiger partial charge in [-0.2, -0.15) is 10.4 Å².